The molecule has 0 aromatic heterocycles. The van der Waals surface area contributed by atoms with Crippen LogP contribution in [0.5, 0.6) is 0 Å². The molecule has 2 fully saturated rings. The number of piperidine rings is 1. The van der Waals surface area contributed by atoms with Crippen LogP contribution in [0.1, 0.15) is 77.7 Å². The van der Waals surface area contributed by atoms with Gasteiger partial charge in [0.15, 0.2) is 0 Å². The van der Waals surface area contributed by atoms with Crippen LogP contribution in [0.15, 0.2) is 24.3 Å². The summed E-state index contributed by atoms with van der Waals surface area (Å²) < 4.78 is 52.8. The fourth-order valence-electron chi connectivity index (χ4n) is 6.84. The molecule has 1 saturated carbocycles. The number of nitrogens with two attached hydrogens (primary N) is 1. The summed E-state index contributed by atoms with van der Waals surface area (Å²) in [5.74, 6) is -3.07. The predicted molar refractivity (Wildman–Crippen MR) is 196 cm³/mol. The second-order valence-electron chi connectivity index (χ2n) is 17.1. The molecular weight excluding hydrogens is 713 g/mol. The lowest BCUT2D eigenvalue weighted by molar-refractivity contribution is -0.144. The van der Waals surface area contributed by atoms with Crippen LogP contribution in [-0.4, -0.2) is 111 Å². The normalized spacial score (nSPS) is 21.3. The number of alkyl halides is 2. The van der Waals surface area contributed by atoms with E-state index in [4.69, 9.17) is 5.73 Å². The van der Waals surface area contributed by atoms with Crippen LogP contribution < -0.4 is 27.0 Å². The van der Waals surface area contributed by atoms with Gasteiger partial charge in [0, 0.05) is 44.7 Å². The van der Waals surface area contributed by atoms with Crippen molar-refractivity contribution < 1.29 is 41.2 Å². The molecule has 1 aromatic carbocycles. The predicted octanol–water partition coefficient (Wildman–Crippen LogP) is 2.09. The number of amides is 6. The van der Waals surface area contributed by atoms with Crippen LogP contribution in [0.3, 0.4) is 0 Å². The molecule has 1 heterocycles. The molecule has 6 amide bonds. The topological polar surface area (TPSA) is 200 Å². The number of likely N-dealkylation sites (N-methyl/N-ethyl adjacent to an activating group) is 1. The number of carbonyl (C=O) groups is 5. The lowest BCUT2D eigenvalue weighted by Crippen LogP contribution is -2.62. The summed E-state index contributed by atoms with van der Waals surface area (Å²) in [4.78, 5) is 67.6. The summed E-state index contributed by atoms with van der Waals surface area (Å²) in [6.07, 6.45) is -2.48. The summed E-state index contributed by atoms with van der Waals surface area (Å²) >= 11 is 0. The SMILES string of the molecule is CN(C[C@@H](NC(=O)N[C@H](C(=O)N1C[C@H]2[C@@H](C1C(=O)N[C@@H](CC(F)F)C(=O)NCCc1ccc(C(N)=O)cc1)C2(C)C)C(C)(C)C)C(C)(C)C)S(C)(=O)=O. The van der Waals surface area contributed by atoms with Gasteiger partial charge in [-0.15, -0.1) is 0 Å². The smallest absolute Gasteiger partial charge is 0.315 e. The van der Waals surface area contributed by atoms with Gasteiger partial charge < -0.3 is 31.9 Å². The highest BCUT2D eigenvalue weighted by atomic mass is 32.2. The Hall–Kier alpha value is -3.86. The number of hydrogen-bond donors (Lipinski definition) is 5. The number of fused-ring (bicyclic) bond motifs is 1. The molecule has 6 atom stereocenters. The number of hydrogen-bond acceptors (Lipinski definition) is 7. The molecule has 1 aliphatic carbocycles. The van der Waals surface area contributed by atoms with Gasteiger partial charge in [0.05, 0.1) is 6.26 Å². The molecule has 6 N–H and O–H groups in total. The third-order valence-corrected chi connectivity index (χ3v) is 11.8. The van der Waals surface area contributed by atoms with Crippen LogP contribution in [0.2, 0.25) is 0 Å². The van der Waals surface area contributed by atoms with Gasteiger partial charge in [-0.05, 0) is 52.2 Å². The van der Waals surface area contributed by atoms with E-state index in [1.54, 1.807) is 32.9 Å². The highest BCUT2D eigenvalue weighted by Gasteiger charge is 2.70. The van der Waals surface area contributed by atoms with E-state index >= 15 is 0 Å². The van der Waals surface area contributed by atoms with E-state index in [1.165, 1.54) is 24.1 Å². The van der Waals surface area contributed by atoms with Gasteiger partial charge in [0.2, 0.25) is 40.1 Å². The van der Waals surface area contributed by atoms with Crippen molar-refractivity contribution in [2.24, 2.45) is 33.8 Å². The first kappa shape index (κ1) is 43.5. The largest absolute Gasteiger partial charge is 0.366 e. The molecule has 0 bridgehead atoms. The van der Waals surface area contributed by atoms with Crippen LogP contribution in [-0.2, 0) is 30.8 Å². The maximum absolute atomic E-state index is 14.3. The lowest BCUT2D eigenvalue weighted by Gasteiger charge is -2.39. The highest BCUT2D eigenvalue weighted by molar-refractivity contribution is 7.88. The van der Waals surface area contributed by atoms with Gasteiger partial charge in [-0.1, -0.05) is 67.5 Å². The highest BCUT2D eigenvalue weighted by Crippen LogP contribution is 2.65. The molecule has 0 radical (unpaired) electrons. The number of likely N-dealkylation sites (tertiary alicyclic amines) is 1. The van der Waals surface area contributed by atoms with E-state index in [-0.39, 0.29) is 36.9 Å². The average Bonchev–Trinajstić information content (AvgIpc) is 3.32. The van der Waals surface area contributed by atoms with Crippen LogP contribution >= 0.6 is 0 Å². The second kappa shape index (κ2) is 16.2. The molecule has 3 rings (SSSR count). The summed E-state index contributed by atoms with van der Waals surface area (Å²) in [5, 5.41) is 10.7. The Morgan fingerprint density at radius 2 is 1.57 bits per heavy atom. The van der Waals surface area contributed by atoms with E-state index < -0.39 is 87.5 Å². The average molecular weight is 770 g/mol. The van der Waals surface area contributed by atoms with Gasteiger partial charge in [0.1, 0.15) is 18.1 Å². The number of nitrogens with one attached hydrogen (secondary N) is 4. The van der Waals surface area contributed by atoms with Gasteiger partial charge >= 0.3 is 6.03 Å². The minimum atomic E-state index is -3.55. The van der Waals surface area contributed by atoms with Crippen molar-refractivity contribution in [1.29, 1.82) is 0 Å². The van der Waals surface area contributed by atoms with E-state index in [0.29, 0.717) is 12.0 Å². The van der Waals surface area contributed by atoms with Crippen molar-refractivity contribution >= 4 is 39.7 Å². The van der Waals surface area contributed by atoms with Gasteiger partial charge in [-0.3, -0.25) is 19.2 Å². The molecule has 2 aliphatic rings. The minimum absolute atomic E-state index is 0.0197. The summed E-state index contributed by atoms with van der Waals surface area (Å²) in [6.45, 7) is 14.9. The summed E-state index contributed by atoms with van der Waals surface area (Å²) in [5.41, 5.74) is 4.59. The maximum atomic E-state index is 14.3. The van der Waals surface area contributed by atoms with E-state index in [1.807, 2.05) is 34.6 Å². The minimum Gasteiger partial charge on any atom is -0.366 e. The number of rotatable bonds is 15. The van der Waals surface area contributed by atoms with Gasteiger partial charge in [-0.25, -0.2) is 26.3 Å². The number of halogens is 2. The molecule has 53 heavy (non-hydrogen) atoms. The lowest BCUT2D eigenvalue weighted by atomic mass is 9.85. The molecule has 14 nitrogen and oxygen atoms in total. The Morgan fingerprint density at radius 3 is 2.06 bits per heavy atom. The van der Waals surface area contributed by atoms with Crippen LogP contribution in [0.25, 0.3) is 0 Å². The second-order valence-corrected chi connectivity index (χ2v) is 19.1. The van der Waals surface area contributed by atoms with Crippen molar-refractivity contribution in [1.82, 2.24) is 30.5 Å². The Kier molecular flexibility index (Phi) is 13.3. The number of nitrogens with zero attached hydrogens (tertiary/aromatic N) is 2. The Balaban J connectivity index is 1.78. The number of urea groups is 1. The molecule has 17 heteroatoms. The standard InChI is InChI=1S/C36H57F2N7O7S/c1-34(2,3)24(19-44(9)53(10,51)52)42-33(50)43-28(35(4,5)6)32(49)45-18-22-26(36(22,7)8)27(45)31(48)41-23(17-25(37)38)30(47)40-16-15-20-11-13-21(14-12-20)29(39)46/h11-14,22-28H,15-19H2,1-10H3,(H2,39,46)(H,40,47)(H,41,48)(H2,42,43,50)/t22-,23-,24+,26-,27?,28+/m0/s1. The number of sulfonamides is 1. The third-order valence-electron chi connectivity index (χ3n) is 10.5. The van der Waals surface area contributed by atoms with Crippen molar-refractivity contribution in [3.05, 3.63) is 35.4 Å². The molecular formula is C36H57F2N7O7S. The first-order chi connectivity index (χ1) is 24.2. The maximum Gasteiger partial charge on any atom is 0.315 e. The molecule has 1 unspecified atom stereocenters. The van der Waals surface area contributed by atoms with E-state index in [0.717, 1.165) is 16.1 Å². The number of benzene rings is 1. The van der Waals surface area contributed by atoms with Gasteiger partial charge in [0.25, 0.3) is 0 Å². The van der Waals surface area contributed by atoms with Crippen molar-refractivity contribution in [2.75, 3.05) is 32.9 Å². The van der Waals surface area contributed by atoms with Crippen LogP contribution in [0.4, 0.5) is 13.6 Å². The Labute approximate surface area is 311 Å². The Morgan fingerprint density at radius 1 is 0.981 bits per heavy atom. The molecule has 1 aromatic rings. The molecule has 0 spiro atoms. The van der Waals surface area contributed by atoms with Crippen LogP contribution in [0, 0.1) is 28.1 Å². The molecule has 298 valence electrons. The fraction of sp³-hybridized carbons (Fsp3) is 0.694. The van der Waals surface area contributed by atoms with E-state index in [2.05, 4.69) is 21.3 Å². The summed E-state index contributed by atoms with van der Waals surface area (Å²) in [7, 11) is -2.14. The van der Waals surface area contributed by atoms with Crippen molar-refractivity contribution in [2.45, 2.75) is 98.8 Å². The first-order valence-electron chi connectivity index (χ1n) is 17.7. The zero-order chi connectivity index (χ0) is 40.4. The zero-order valence-electron chi connectivity index (χ0n) is 32.4. The van der Waals surface area contributed by atoms with Gasteiger partial charge in [-0.2, -0.15) is 0 Å². The fourth-order valence-corrected chi connectivity index (χ4v) is 7.26. The monoisotopic (exact) mass is 769 g/mol. The zero-order valence-corrected chi connectivity index (χ0v) is 33.2. The quantitative estimate of drug-likeness (QED) is 0.180. The third kappa shape index (κ3) is 11.1. The molecule has 1 saturated heterocycles. The first-order valence-corrected chi connectivity index (χ1v) is 19.5. The van der Waals surface area contributed by atoms with E-state index in [9.17, 15) is 41.2 Å². The molecule has 1 aliphatic heterocycles. The van der Waals surface area contributed by atoms with Crippen molar-refractivity contribution in [3.63, 3.8) is 0 Å². The summed E-state index contributed by atoms with van der Waals surface area (Å²) in [6, 6.07) is 1.25. The van der Waals surface area contributed by atoms with Crippen molar-refractivity contribution in [3.8, 4) is 0 Å². The Bertz CT molecular complexity index is 1640. The number of primary amides is 1. The number of carbonyl (C=O) groups excluding carboxylic acids is 5.